The Balaban J connectivity index is 0. The summed E-state index contributed by atoms with van der Waals surface area (Å²) in [6, 6.07) is 0. The van der Waals surface area contributed by atoms with Gasteiger partial charge in [-0.05, 0) is 33.1 Å². The molecule has 0 aliphatic heterocycles. The number of hydrogen-bond donors (Lipinski definition) is 1. The largest absolute Gasteiger partial charge is 0.478 e. The minimum absolute atomic E-state index is 0.0502. The first kappa shape index (κ1) is 38.2. The van der Waals surface area contributed by atoms with Crippen LogP contribution in [0.3, 0.4) is 0 Å². The van der Waals surface area contributed by atoms with Crippen LogP contribution >= 0.6 is 0 Å². The molecule has 0 fully saturated rings. The molecule has 0 bridgehead atoms. The summed E-state index contributed by atoms with van der Waals surface area (Å²) in [6.45, 7) is 12.2. The Morgan fingerprint density at radius 2 is 1.08 bits per heavy atom. The van der Waals surface area contributed by atoms with E-state index in [2.05, 4.69) is 20.4 Å². The third kappa shape index (κ3) is 22.7. The van der Waals surface area contributed by atoms with Crippen molar-refractivity contribution in [1.29, 1.82) is 0 Å². The molecule has 0 spiro atoms. The molecule has 0 radical (unpaired) electrons. The first-order valence-electron chi connectivity index (χ1n) is 14.2. The molecule has 0 aromatic rings. The molecular weight excluding hydrogens is 504 g/mol. The van der Waals surface area contributed by atoms with Gasteiger partial charge in [-0.1, -0.05) is 91.6 Å². The van der Waals surface area contributed by atoms with E-state index in [9.17, 15) is 24.0 Å². The van der Waals surface area contributed by atoms with E-state index in [-0.39, 0.29) is 30.8 Å². The van der Waals surface area contributed by atoms with E-state index < -0.39 is 41.8 Å². The summed E-state index contributed by atoms with van der Waals surface area (Å²) in [6.07, 6.45) is 12.1. The summed E-state index contributed by atoms with van der Waals surface area (Å²) >= 11 is 0. The molecule has 0 aliphatic carbocycles. The Bertz CT molecular complexity index is 784. The number of carboxylic acid groups (broad SMARTS) is 1. The third-order valence-electron chi connectivity index (χ3n) is 5.50. The van der Waals surface area contributed by atoms with Crippen molar-refractivity contribution < 1.29 is 43.3 Å². The molecule has 0 heterocycles. The lowest BCUT2D eigenvalue weighted by atomic mass is 10.1. The number of unbranched alkanes of at least 4 members (excludes halogenated alkanes) is 10. The molecule has 9 nitrogen and oxygen atoms in total. The minimum Gasteiger partial charge on any atom is -0.478 e. The molecule has 0 rings (SSSR count). The van der Waals surface area contributed by atoms with Gasteiger partial charge in [0.2, 0.25) is 5.76 Å². The highest BCUT2D eigenvalue weighted by Gasteiger charge is 2.27. The Morgan fingerprint density at radius 1 is 0.667 bits per heavy atom. The van der Waals surface area contributed by atoms with Gasteiger partial charge in [-0.25, -0.2) is 14.4 Å². The number of rotatable bonds is 21. The zero-order chi connectivity index (χ0) is 30.1. The van der Waals surface area contributed by atoms with E-state index in [0.717, 1.165) is 51.4 Å². The van der Waals surface area contributed by atoms with Crippen molar-refractivity contribution in [3.8, 4) is 0 Å². The average Bonchev–Trinajstić information content (AvgIpc) is 2.87. The standard InChI is InChI=1S/C26H44O7.C4H6O2/c1-5-8-10-12-14-16-18-31-25(29)22(7-3)24(33-23(28)20-21(4)27)26(30)32-19-17-15-13-11-9-6-2;1-3(2)4(5)6/h5-20H2,1-4H3;1H2,2H3,(H,5,6)/b24-22+;. The highest BCUT2D eigenvalue weighted by atomic mass is 16.6. The highest BCUT2D eigenvalue weighted by molar-refractivity contribution is 6.02. The van der Waals surface area contributed by atoms with Crippen LogP contribution in [0.25, 0.3) is 0 Å². The summed E-state index contributed by atoms with van der Waals surface area (Å²) in [4.78, 5) is 58.1. The molecule has 0 aromatic carbocycles. The summed E-state index contributed by atoms with van der Waals surface area (Å²) < 4.78 is 15.7. The minimum atomic E-state index is -0.935. The van der Waals surface area contributed by atoms with Crippen LogP contribution in [0.15, 0.2) is 23.5 Å². The lowest BCUT2D eigenvalue weighted by Crippen LogP contribution is -2.22. The zero-order valence-corrected chi connectivity index (χ0v) is 24.7. The quantitative estimate of drug-likeness (QED) is 0.0414. The Kier molecular flexibility index (Phi) is 24.8. The van der Waals surface area contributed by atoms with Crippen LogP contribution in [0.4, 0.5) is 0 Å². The Morgan fingerprint density at radius 3 is 1.46 bits per heavy atom. The fourth-order valence-electron chi connectivity index (χ4n) is 3.22. The van der Waals surface area contributed by atoms with E-state index in [1.807, 2.05) is 0 Å². The van der Waals surface area contributed by atoms with Crippen molar-refractivity contribution in [2.75, 3.05) is 13.2 Å². The molecule has 224 valence electrons. The van der Waals surface area contributed by atoms with Crippen molar-refractivity contribution >= 4 is 29.7 Å². The summed E-state index contributed by atoms with van der Waals surface area (Å²) in [5.74, 6) is -4.29. The smallest absolute Gasteiger partial charge is 0.374 e. The number of carbonyl (C=O) groups excluding carboxylic acids is 4. The normalized spacial score (nSPS) is 10.9. The van der Waals surface area contributed by atoms with Crippen LogP contribution in [-0.2, 0) is 38.2 Å². The fraction of sp³-hybridized carbons (Fsp3) is 0.700. The van der Waals surface area contributed by atoms with Gasteiger partial charge in [-0.3, -0.25) is 9.59 Å². The molecule has 0 saturated heterocycles. The molecule has 0 aromatic heterocycles. The fourth-order valence-corrected chi connectivity index (χ4v) is 3.22. The number of carbonyl (C=O) groups is 5. The molecular formula is C30H50O9. The second-order valence-corrected chi connectivity index (χ2v) is 9.41. The van der Waals surface area contributed by atoms with Crippen LogP contribution in [-0.4, -0.2) is 48.0 Å². The van der Waals surface area contributed by atoms with Crippen LogP contribution in [0.2, 0.25) is 0 Å². The van der Waals surface area contributed by atoms with Crippen molar-refractivity contribution in [3.05, 3.63) is 23.5 Å². The monoisotopic (exact) mass is 554 g/mol. The number of esters is 3. The molecule has 0 amide bonds. The van der Waals surface area contributed by atoms with Crippen molar-refractivity contribution in [2.45, 2.75) is 125 Å². The predicted molar refractivity (Wildman–Crippen MR) is 150 cm³/mol. The highest BCUT2D eigenvalue weighted by Crippen LogP contribution is 2.17. The van der Waals surface area contributed by atoms with E-state index in [4.69, 9.17) is 19.3 Å². The number of ether oxygens (including phenoxy) is 3. The number of aliphatic carboxylic acids is 1. The van der Waals surface area contributed by atoms with Crippen LogP contribution in [0.5, 0.6) is 0 Å². The first-order valence-corrected chi connectivity index (χ1v) is 14.2. The molecule has 0 aliphatic rings. The maximum atomic E-state index is 12.6. The third-order valence-corrected chi connectivity index (χ3v) is 5.50. The summed E-state index contributed by atoms with van der Waals surface area (Å²) in [5.41, 5.74) is 0.126. The van der Waals surface area contributed by atoms with Gasteiger partial charge in [-0.2, -0.15) is 0 Å². The van der Waals surface area contributed by atoms with Crippen LogP contribution in [0, 0.1) is 0 Å². The van der Waals surface area contributed by atoms with Gasteiger partial charge in [0.15, 0.2) is 0 Å². The SMILES string of the molecule is C=C(C)C(=O)O.CCCCCCCCOC(=O)/C(CC)=C(/OC(=O)CC(C)=O)C(=O)OCCCCCCCC. The molecule has 0 atom stereocenters. The second kappa shape index (κ2) is 25.3. The maximum absolute atomic E-state index is 12.6. The number of Topliss-reactive ketones (excluding diaryl/α,β-unsaturated/α-hetero) is 1. The zero-order valence-electron chi connectivity index (χ0n) is 24.7. The molecule has 1 N–H and O–H groups in total. The first-order chi connectivity index (χ1) is 18.5. The van der Waals surface area contributed by atoms with E-state index in [0.29, 0.717) is 6.42 Å². The van der Waals surface area contributed by atoms with Crippen LogP contribution in [0.1, 0.15) is 125 Å². The molecule has 9 heteroatoms. The lowest BCUT2D eigenvalue weighted by Gasteiger charge is -2.13. The van der Waals surface area contributed by atoms with Crippen molar-refractivity contribution in [2.24, 2.45) is 0 Å². The molecule has 0 saturated carbocycles. The van der Waals surface area contributed by atoms with Crippen molar-refractivity contribution in [1.82, 2.24) is 0 Å². The lowest BCUT2D eigenvalue weighted by molar-refractivity contribution is -0.153. The average molecular weight is 555 g/mol. The maximum Gasteiger partial charge on any atom is 0.374 e. The molecule has 0 unspecified atom stereocenters. The number of hydrogen-bond acceptors (Lipinski definition) is 8. The van der Waals surface area contributed by atoms with E-state index in [1.54, 1.807) is 6.92 Å². The Hall–Kier alpha value is -2.97. The van der Waals surface area contributed by atoms with Gasteiger partial charge in [0.25, 0.3) is 0 Å². The summed E-state index contributed by atoms with van der Waals surface area (Å²) in [5, 5.41) is 7.89. The predicted octanol–water partition coefficient (Wildman–Crippen LogP) is 6.63. The van der Waals surface area contributed by atoms with E-state index in [1.165, 1.54) is 33.1 Å². The summed E-state index contributed by atoms with van der Waals surface area (Å²) in [7, 11) is 0. The van der Waals surface area contributed by atoms with Gasteiger partial charge in [0.05, 0.1) is 18.8 Å². The topological polar surface area (TPSA) is 133 Å². The van der Waals surface area contributed by atoms with E-state index >= 15 is 0 Å². The second-order valence-electron chi connectivity index (χ2n) is 9.41. The molecule has 39 heavy (non-hydrogen) atoms. The van der Waals surface area contributed by atoms with Gasteiger partial charge in [-0.15, -0.1) is 0 Å². The van der Waals surface area contributed by atoms with Gasteiger partial charge in [0.1, 0.15) is 12.2 Å². The van der Waals surface area contributed by atoms with Gasteiger partial charge in [0, 0.05) is 5.57 Å². The number of ketones is 1. The van der Waals surface area contributed by atoms with Gasteiger partial charge >= 0.3 is 23.9 Å². The number of carboxylic acids is 1. The van der Waals surface area contributed by atoms with Crippen molar-refractivity contribution in [3.63, 3.8) is 0 Å². The van der Waals surface area contributed by atoms with Gasteiger partial charge < -0.3 is 19.3 Å². The van der Waals surface area contributed by atoms with Crippen LogP contribution < -0.4 is 0 Å². The Labute approximate surface area is 234 Å².